The number of carbonyl (C=O) groups excluding carboxylic acids is 1. The standard InChI is InChI=1S/C27H32N6O4/c1-16-24(17(2)31(29-16)14-18-5-4-6-22(10-18)37-3)28-26(34)25-23(33(35)36)15-32(30-25)27-11-19-7-20(12-27)9-21(8-19)13-27/h4-6,10,15,19-21H,7-9,11-14H2,1-3H3,(H,28,34). The molecule has 0 saturated heterocycles. The quantitative estimate of drug-likeness (QED) is 0.363. The summed E-state index contributed by atoms with van der Waals surface area (Å²) in [6, 6.07) is 7.72. The lowest BCUT2D eigenvalue weighted by Gasteiger charge is -2.56. The first-order chi connectivity index (χ1) is 17.7. The summed E-state index contributed by atoms with van der Waals surface area (Å²) in [6.07, 6.45) is 8.25. The molecule has 10 heteroatoms. The number of ether oxygens (including phenoxy) is 1. The normalized spacial score (nSPS) is 25.9. The number of aryl methyl sites for hydroxylation is 1. The minimum absolute atomic E-state index is 0.139. The highest BCUT2D eigenvalue weighted by Gasteiger charge is 2.53. The predicted octanol–water partition coefficient (Wildman–Crippen LogP) is 4.84. The molecule has 0 atom stereocenters. The number of anilines is 1. The van der Waals surface area contributed by atoms with E-state index in [-0.39, 0.29) is 16.9 Å². The SMILES string of the molecule is COc1cccc(Cn2nc(C)c(NC(=O)c3nn(C45CC6CC(CC(C6)C4)C5)cc3[N+](=O)[O-])c2C)c1. The van der Waals surface area contributed by atoms with Crippen LogP contribution >= 0.6 is 0 Å². The second-order valence-corrected chi connectivity index (χ2v) is 11.2. The second kappa shape index (κ2) is 8.71. The highest BCUT2D eigenvalue weighted by molar-refractivity contribution is 6.06. The van der Waals surface area contributed by atoms with Gasteiger partial charge in [0.2, 0.25) is 5.69 Å². The van der Waals surface area contributed by atoms with E-state index in [4.69, 9.17) is 4.74 Å². The molecule has 4 aliphatic carbocycles. The Labute approximate surface area is 215 Å². The number of aromatic nitrogens is 4. The maximum atomic E-state index is 13.4. The van der Waals surface area contributed by atoms with Gasteiger partial charge in [0.25, 0.3) is 5.91 Å². The number of hydrogen-bond acceptors (Lipinski definition) is 6. The maximum Gasteiger partial charge on any atom is 0.320 e. The summed E-state index contributed by atoms with van der Waals surface area (Å²) in [5, 5.41) is 24.0. The van der Waals surface area contributed by atoms with Crippen LogP contribution in [0.25, 0.3) is 0 Å². The molecule has 1 aromatic carbocycles. The van der Waals surface area contributed by atoms with E-state index >= 15 is 0 Å². The van der Waals surface area contributed by atoms with Crippen LogP contribution < -0.4 is 10.1 Å². The molecule has 7 rings (SSSR count). The molecule has 37 heavy (non-hydrogen) atoms. The summed E-state index contributed by atoms with van der Waals surface area (Å²) < 4.78 is 8.89. The van der Waals surface area contributed by atoms with Crippen molar-refractivity contribution in [2.24, 2.45) is 17.8 Å². The first-order valence-corrected chi connectivity index (χ1v) is 13.0. The molecular formula is C27H32N6O4. The first kappa shape index (κ1) is 23.7. The van der Waals surface area contributed by atoms with Gasteiger partial charge in [-0.05, 0) is 87.8 Å². The van der Waals surface area contributed by atoms with Crippen molar-refractivity contribution in [3.63, 3.8) is 0 Å². The van der Waals surface area contributed by atoms with Gasteiger partial charge in [0.1, 0.15) is 11.9 Å². The van der Waals surface area contributed by atoms with Crippen molar-refractivity contribution < 1.29 is 14.5 Å². The molecule has 194 valence electrons. The van der Waals surface area contributed by atoms with Crippen LogP contribution in [0.15, 0.2) is 30.5 Å². The van der Waals surface area contributed by atoms with Crippen LogP contribution in [0.3, 0.4) is 0 Å². The molecule has 4 fully saturated rings. The summed E-state index contributed by atoms with van der Waals surface area (Å²) >= 11 is 0. The lowest BCUT2D eigenvalue weighted by atomic mass is 9.53. The van der Waals surface area contributed by atoms with Crippen molar-refractivity contribution in [3.05, 3.63) is 63.2 Å². The monoisotopic (exact) mass is 504 g/mol. The fourth-order valence-corrected chi connectivity index (χ4v) is 7.40. The maximum absolute atomic E-state index is 13.4. The third kappa shape index (κ3) is 4.08. The number of amides is 1. The van der Waals surface area contributed by atoms with Crippen LogP contribution in [-0.2, 0) is 12.1 Å². The van der Waals surface area contributed by atoms with Crippen LogP contribution in [0.1, 0.15) is 66.0 Å². The Morgan fingerprint density at radius 2 is 1.84 bits per heavy atom. The summed E-state index contributed by atoms with van der Waals surface area (Å²) in [7, 11) is 1.62. The number of methoxy groups -OCH3 is 1. The molecule has 3 aromatic rings. The Kier molecular flexibility index (Phi) is 5.58. The van der Waals surface area contributed by atoms with Gasteiger partial charge < -0.3 is 10.1 Å². The van der Waals surface area contributed by atoms with E-state index < -0.39 is 10.8 Å². The highest BCUT2D eigenvalue weighted by atomic mass is 16.6. The summed E-state index contributed by atoms with van der Waals surface area (Å²) in [5.74, 6) is 2.16. The Morgan fingerprint density at radius 3 is 2.46 bits per heavy atom. The van der Waals surface area contributed by atoms with Crippen molar-refractivity contribution in [2.45, 2.75) is 64.5 Å². The third-order valence-corrected chi connectivity index (χ3v) is 8.69. The van der Waals surface area contributed by atoms with Gasteiger partial charge in [-0.15, -0.1) is 0 Å². The number of hydrogen-bond donors (Lipinski definition) is 1. The minimum atomic E-state index is -0.581. The molecule has 1 amide bonds. The van der Waals surface area contributed by atoms with Gasteiger partial charge in [-0.1, -0.05) is 12.1 Å². The first-order valence-electron chi connectivity index (χ1n) is 13.0. The van der Waals surface area contributed by atoms with Gasteiger partial charge in [0.05, 0.1) is 41.2 Å². The molecule has 2 heterocycles. The minimum Gasteiger partial charge on any atom is -0.497 e. The molecule has 0 unspecified atom stereocenters. The molecule has 10 nitrogen and oxygen atoms in total. The zero-order chi connectivity index (χ0) is 25.9. The Hall–Kier alpha value is -3.69. The van der Waals surface area contributed by atoms with Gasteiger partial charge in [0, 0.05) is 0 Å². The summed E-state index contributed by atoms with van der Waals surface area (Å²) in [4.78, 5) is 24.9. The molecule has 1 N–H and O–H groups in total. The Balaban J connectivity index is 1.27. The lowest BCUT2D eigenvalue weighted by Crippen LogP contribution is -2.52. The zero-order valence-corrected chi connectivity index (χ0v) is 21.4. The summed E-state index contributed by atoms with van der Waals surface area (Å²) in [5.41, 5.74) is 2.37. The second-order valence-electron chi connectivity index (χ2n) is 11.2. The van der Waals surface area contributed by atoms with E-state index in [1.165, 1.54) is 25.5 Å². The van der Waals surface area contributed by atoms with Crippen molar-refractivity contribution in [2.75, 3.05) is 12.4 Å². The molecule has 0 radical (unpaired) electrons. The van der Waals surface area contributed by atoms with E-state index in [0.29, 0.717) is 35.7 Å². The molecule has 0 spiro atoms. The number of carbonyl (C=O) groups is 1. The number of nitrogens with zero attached hydrogens (tertiary/aromatic N) is 5. The fourth-order valence-electron chi connectivity index (χ4n) is 7.40. The fraction of sp³-hybridized carbons (Fsp3) is 0.519. The molecule has 0 aliphatic heterocycles. The number of rotatable bonds is 7. The van der Waals surface area contributed by atoms with E-state index in [1.54, 1.807) is 11.8 Å². The van der Waals surface area contributed by atoms with Crippen LogP contribution in [0.4, 0.5) is 11.4 Å². The average Bonchev–Trinajstić information content (AvgIpc) is 3.42. The molecule has 4 saturated carbocycles. The molecule has 4 bridgehead atoms. The van der Waals surface area contributed by atoms with Gasteiger partial charge in [-0.2, -0.15) is 10.2 Å². The number of nitro groups is 1. The third-order valence-electron chi connectivity index (χ3n) is 8.69. The molecular weight excluding hydrogens is 472 g/mol. The van der Waals surface area contributed by atoms with Gasteiger partial charge in [-0.3, -0.25) is 24.3 Å². The lowest BCUT2D eigenvalue weighted by molar-refractivity contribution is -0.385. The van der Waals surface area contributed by atoms with Crippen molar-refractivity contribution >= 4 is 17.3 Å². The van der Waals surface area contributed by atoms with Gasteiger partial charge in [-0.25, -0.2) is 0 Å². The van der Waals surface area contributed by atoms with E-state index in [0.717, 1.165) is 36.3 Å². The largest absolute Gasteiger partial charge is 0.497 e. The van der Waals surface area contributed by atoms with E-state index in [9.17, 15) is 14.9 Å². The topological polar surface area (TPSA) is 117 Å². The van der Waals surface area contributed by atoms with Crippen LogP contribution in [0, 0.1) is 41.7 Å². The van der Waals surface area contributed by atoms with E-state index in [1.807, 2.05) is 42.8 Å². The average molecular weight is 505 g/mol. The highest BCUT2D eigenvalue weighted by Crippen LogP contribution is 2.58. The van der Waals surface area contributed by atoms with Crippen LogP contribution in [0.5, 0.6) is 5.75 Å². The van der Waals surface area contributed by atoms with Gasteiger partial charge >= 0.3 is 5.69 Å². The van der Waals surface area contributed by atoms with E-state index in [2.05, 4.69) is 15.5 Å². The molecule has 2 aromatic heterocycles. The number of benzene rings is 1. The Morgan fingerprint density at radius 1 is 1.16 bits per heavy atom. The predicted molar refractivity (Wildman–Crippen MR) is 137 cm³/mol. The summed E-state index contributed by atoms with van der Waals surface area (Å²) in [6.45, 7) is 4.19. The zero-order valence-electron chi connectivity index (χ0n) is 21.4. The van der Waals surface area contributed by atoms with Crippen molar-refractivity contribution in [1.82, 2.24) is 19.6 Å². The van der Waals surface area contributed by atoms with Crippen molar-refractivity contribution in [3.8, 4) is 5.75 Å². The Bertz CT molecular complexity index is 1350. The smallest absolute Gasteiger partial charge is 0.320 e. The van der Waals surface area contributed by atoms with Crippen molar-refractivity contribution in [1.29, 1.82) is 0 Å². The molecule has 4 aliphatic rings. The van der Waals surface area contributed by atoms with Crippen LogP contribution in [-0.4, -0.2) is 37.5 Å². The van der Waals surface area contributed by atoms with Gasteiger partial charge in [0.15, 0.2) is 0 Å². The van der Waals surface area contributed by atoms with Crippen LogP contribution in [0.2, 0.25) is 0 Å². The number of nitrogens with one attached hydrogen (secondary N) is 1.